The van der Waals surface area contributed by atoms with Crippen LogP contribution in [0.1, 0.15) is 32.4 Å². The molecule has 4 heteroatoms. The molecule has 0 aliphatic carbocycles. The van der Waals surface area contributed by atoms with Crippen LogP contribution in [0.2, 0.25) is 0 Å². The lowest BCUT2D eigenvalue weighted by molar-refractivity contribution is -0.113. The van der Waals surface area contributed by atoms with Gasteiger partial charge in [-0.05, 0) is 45.9 Å². The zero-order valence-corrected chi connectivity index (χ0v) is 12.9. The largest absolute Gasteiger partial charge is 0.375 e. The van der Waals surface area contributed by atoms with Gasteiger partial charge in [0.05, 0.1) is 5.60 Å². The molecule has 0 spiro atoms. The normalized spacial score (nSPS) is 25.9. The summed E-state index contributed by atoms with van der Waals surface area (Å²) in [5, 5.41) is 0. The molecule has 1 aliphatic heterocycles. The van der Waals surface area contributed by atoms with Crippen LogP contribution in [0.3, 0.4) is 0 Å². The lowest BCUT2D eigenvalue weighted by Gasteiger charge is -2.49. The van der Waals surface area contributed by atoms with Crippen LogP contribution in [0, 0.1) is 0 Å². The highest BCUT2D eigenvalue weighted by molar-refractivity contribution is 5.05. The summed E-state index contributed by atoms with van der Waals surface area (Å²) in [7, 11) is 2.18. The third-order valence-electron chi connectivity index (χ3n) is 4.43. The molecule has 0 aromatic carbocycles. The zero-order valence-electron chi connectivity index (χ0n) is 12.9. The van der Waals surface area contributed by atoms with Gasteiger partial charge in [0.1, 0.15) is 0 Å². The standard InChI is InChI=1S/C16H27N3O/c1-15(2)12-16(13-17,8-11-20-15)19(3)10-7-14-6-4-5-9-18-14/h4-6,9H,7-8,10-13,17H2,1-3H3. The lowest BCUT2D eigenvalue weighted by atomic mass is 9.80. The van der Waals surface area contributed by atoms with Gasteiger partial charge in [-0.15, -0.1) is 0 Å². The molecule has 1 fully saturated rings. The van der Waals surface area contributed by atoms with Crippen molar-refractivity contribution in [1.82, 2.24) is 9.88 Å². The van der Waals surface area contributed by atoms with E-state index in [0.29, 0.717) is 6.54 Å². The Labute approximate surface area is 122 Å². The predicted octanol–water partition coefficient (Wildman–Crippen LogP) is 1.84. The first-order chi connectivity index (χ1) is 9.47. The molecule has 1 saturated heterocycles. The van der Waals surface area contributed by atoms with E-state index in [1.165, 1.54) is 0 Å². The summed E-state index contributed by atoms with van der Waals surface area (Å²) in [4.78, 5) is 6.80. The van der Waals surface area contributed by atoms with Gasteiger partial charge in [0.2, 0.25) is 0 Å². The summed E-state index contributed by atoms with van der Waals surface area (Å²) in [6, 6.07) is 6.07. The molecule has 1 aliphatic rings. The summed E-state index contributed by atoms with van der Waals surface area (Å²) in [6.07, 6.45) is 4.80. The van der Waals surface area contributed by atoms with Crippen LogP contribution in [0.15, 0.2) is 24.4 Å². The monoisotopic (exact) mass is 277 g/mol. The third kappa shape index (κ3) is 3.57. The van der Waals surface area contributed by atoms with Gasteiger partial charge in [-0.2, -0.15) is 0 Å². The zero-order chi connectivity index (χ0) is 14.6. The molecule has 0 radical (unpaired) electrons. The Morgan fingerprint density at radius 3 is 2.80 bits per heavy atom. The summed E-state index contributed by atoms with van der Waals surface area (Å²) in [6.45, 7) is 6.76. The molecular weight excluding hydrogens is 250 g/mol. The molecule has 4 nitrogen and oxygen atoms in total. The maximum atomic E-state index is 6.12. The van der Waals surface area contributed by atoms with Gasteiger partial charge >= 0.3 is 0 Å². The number of hydrogen-bond acceptors (Lipinski definition) is 4. The summed E-state index contributed by atoms with van der Waals surface area (Å²) >= 11 is 0. The van der Waals surface area contributed by atoms with Crippen LogP contribution >= 0.6 is 0 Å². The third-order valence-corrected chi connectivity index (χ3v) is 4.43. The van der Waals surface area contributed by atoms with Gasteiger partial charge in [-0.25, -0.2) is 0 Å². The molecular formula is C16H27N3O. The fourth-order valence-corrected chi connectivity index (χ4v) is 3.17. The van der Waals surface area contributed by atoms with E-state index in [-0.39, 0.29) is 11.1 Å². The van der Waals surface area contributed by atoms with Crippen molar-refractivity contribution in [3.8, 4) is 0 Å². The Morgan fingerprint density at radius 2 is 2.20 bits per heavy atom. The van der Waals surface area contributed by atoms with Crippen molar-refractivity contribution < 1.29 is 4.74 Å². The average molecular weight is 277 g/mol. The molecule has 1 aromatic heterocycles. The van der Waals surface area contributed by atoms with Gasteiger partial charge in [-0.1, -0.05) is 6.07 Å². The molecule has 112 valence electrons. The van der Waals surface area contributed by atoms with Crippen LogP contribution < -0.4 is 5.73 Å². The Hall–Kier alpha value is -0.970. The van der Waals surface area contributed by atoms with E-state index in [9.17, 15) is 0 Å². The highest BCUT2D eigenvalue weighted by Crippen LogP contribution is 2.35. The van der Waals surface area contributed by atoms with Gasteiger partial charge in [-0.3, -0.25) is 9.88 Å². The molecule has 0 amide bonds. The minimum Gasteiger partial charge on any atom is -0.375 e. The van der Waals surface area contributed by atoms with Crippen LogP contribution in [-0.4, -0.2) is 47.8 Å². The van der Waals surface area contributed by atoms with Gasteiger partial charge in [0, 0.05) is 43.5 Å². The first-order valence-corrected chi connectivity index (χ1v) is 7.43. The first-order valence-electron chi connectivity index (χ1n) is 7.43. The number of rotatable bonds is 5. The minimum absolute atomic E-state index is 0.0521. The number of aromatic nitrogens is 1. The van der Waals surface area contributed by atoms with Gasteiger partial charge in [0.25, 0.3) is 0 Å². The molecule has 2 N–H and O–H groups in total. The number of nitrogens with two attached hydrogens (primary N) is 1. The molecule has 0 saturated carbocycles. The second kappa shape index (κ2) is 6.20. The fraction of sp³-hybridized carbons (Fsp3) is 0.688. The average Bonchev–Trinajstić information content (AvgIpc) is 2.44. The van der Waals surface area contributed by atoms with E-state index in [1.54, 1.807) is 0 Å². The molecule has 1 aromatic rings. The van der Waals surface area contributed by atoms with E-state index in [1.807, 2.05) is 18.3 Å². The fourth-order valence-electron chi connectivity index (χ4n) is 3.17. The highest BCUT2D eigenvalue weighted by Gasteiger charge is 2.42. The van der Waals surface area contributed by atoms with Crippen molar-refractivity contribution in [1.29, 1.82) is 0 Å². The minimum atomic E-state index is -0.0864. The van der Waals surface area contributed by atoms with Crippen molar-refractivity contribution in [3.05, 3.63) is 30.1 Å². The Morgan fingerprint density at radius 1 is 1.40 bits per heavy atom. The lowest BCUT2D eigenvalue weighted by Crippen LogP contribution is -2.59. The molecule has 2 heterocycles. The molecule has 2 rings (SSSR count). The highest BCUT2D eigenvalue weighted by atomic mass is 16.5. The Kier molecular flexibility index (Phi) is 4.78. The van der Waals surface area contributed by atoms with E-state index in [0.717, 1.165) is 38.1 Å². The Balaban J connectivity index is 2.00. The van der Waals surface area contributed by atoms with E-state index in [4.69, 9.17) is 10.5 Å². The van der Waals surface area contributed by atoms with Gasteiger partial charge < -0.3 is 10.5 Å². The molecule has 1 unspecified atom stereocenters. The van der Waals surface area contributed by atoms with Crippen LogP contribution in [0.25, 0.3) is 0 Å². The van der Waals surface area contributed by atoms with Crippen LogP contribution in [0.4, 0.5) is 0 Å². The molecule has 20 heavy (non-hydrogen) atoms. The second-order valence-corrected chi connectivity index (χ2v) is 6.46. The molecule has 0 bridgehead atoms. The summed E-state index contributed by atoms with van der Waals surface area (Å²) in [5.74, 6) is 0. The Bertz CT molecular complexity index is 421. The summed E-state index contributed by atoms with van der Waals surface area (Å²) < 4.78 is 5.84. The number of pyridine rings is 1. The number of nitrogens with zero attached hydrogens (tertiary/aromatic N) is 2. The van der Waals surface area contributed by atoms with E-state index >= 15 is 0 Å². The van der Waals surface area contributed by atoms with Crippen molar-refractivity contribution in [3.63, 3.8) is 0 Å². The summed E-state index contributed by atoms with van der Waals surface area (Å²) in [5.41, 5.74) is 7.22. The van der Waals surface area contributed by atoms with Crippen molar-refractivity contribution in [2.75, 3.05) is 26.7 Å². The number of ether oxygens (including phenoxy) is 1. The number of likely N-dealkylation sites (N-methyl/N-ethyl adjacent to an activating group) is 1. The molecule has 1 atom stereocenters. The van der Waals surface area contributed by atoms with E-state index < -0.39 is 0 Å². The maximum absolute atomic E-state index is 6.12. The van der Waals surface area contributed by atoms with Crippen molar-refractivity contribution >= 4 is 0 Å². The smallest absolute Gasteiger partial charge is 0.0644 e. The predicted molar refractivity (Wildman–Crippen MR) is 81.6 cm³/mol. The van der Waals surface area contributed by atoms with Gasteiger partial charge in [0.15, 0.2) is 0 Å². The van der Waals surface area contributed by atoms with Crippen LogP contribution in [0.5, 0.6) is 0 Å². The first kappa shape index (κ1) is 15.4. The second-order valence-electron chi connectivity index (χ2n) is 6.46. The van der Waals surface area contributed by atoms with E-state index in [2.05, 4.69) is 36.8 Å². The maximum Gasteiger partial charge on any atom is 0.0644 e. The van der Waals surface area contributed by atoms with Crippen LogP contribution in [-0.2, 0) is 11.2 Å². The SMILES string of the molecule is CN(CCc1ccccn1)C1(CN)CCOC(C)(C)C1. The van der Waals surface area contributed by atoms with Crippen molar-refractivity contribution in [2.45, 2.75) is 44.2 Å². The number of hydrogen-bond donors (Lipinski definition) is 1. The topological polar surface area (TPSA) is 51.4 Å². The quantitative estimate of drug-likeness (QED) is 0.892. The van der Waals surface area contributed by atoms with Crippen molar-refractivity contribution in [2.24, 2.45) is 5.73 Å².